The van der Waals surface area contributed by atoms with Crippen LogP contribution in [-0.4, -0.2) is 5.75 Å². The van der Waals surface area contributed by atoms with Gasteiger partial charge in [0.15, 0.2) is 0 Å². The van der Waals surface area contributed by atoms with Gasteiger partial charge in [0, 0.05) is 11.8 Å². The normalized spacial score (nSPS) is 12.6. The summed E-state index contributed by atoms with van der Waals surface area (Å²) < 4.78 is 16.6. The van der Waals surface area contributed by atoms with E-state index in [2.05, 4.69) is 18.6 Å². The number of halogens is 1. The van der Waals surface area contributed by atoms with E-state index in [1.807, 2.05) is 19.1 Å². The summed E-state index contributed by atoms with van der Waals surface area (Å²) in [6, 6.07) is 5.61. The van der Waals surface area contributed by atoms with Gasteiger partial charge in [-0.15, -0.1) is 0 Å². The SMILES string of the molecule is CCCCCCCSNC(C)c1ccc(F)c(C)c1. The van der Waals surface area contributed by atoms with Crippen LogP contribution in [-0.2, 0) is 0 Å². The fourth-order valence-electron chi connectivity index (χ4n) is 1.97. The Bertz CT molecular complexity index is 368. The third-order valence-electron chi connectivity index (χ3n) is 3.29. The summed E-state index contributed by atoms with van der Waals surface area (Å²) in [7, 11) is 0. The van der Waals surface area contributed by atoms with E-state index in [1.54, 1.807) is 18.0 Å². The Morgan fingerprint density at radius 3 is 2.63 bits per heavy atom. The summed E-state index contributed by atoms with van der Waals surface area (Å²) in [5, 5.41) is 0. The molecule has 108 valence electrons. The molecule has 1 N–H and O–H groups in total. The Labute approximate surface area is 121 Å². The summed E-state index contributed by atoms with van der Waals surface area (Å²) in [4.78, 5) is 0. The van der Waals surface area contributed by atoms with Crippen LogP contribution in [0.1, 0.15) is 63.1 Å². The standard InChI is InChI=1S/C16H26FNS/c1-4-5-6-7-8-11-19-18-14(3)15-9-10-16(17)13(2)12-15/h9-10,12,14,18H,4-8,11H2,1-3H3. The van der Waals surface area contributed by atoms with Crippen molar-refractivity contribution in [1.82, 2.24) is 4.72 Å². The van der Waals surface area contributed by atoms with Gasteiger partial charge in [0.1, 0.15) is 5.82 Å². The fraction of sp³-hybridized carbons (Fsp3) is 0.625. The van der Waals surface area contributed by atoms with Gasteiger partial charge in [0.2, 0.25) is 0 Å². The summed E-state index contributed by atoms with van der Waals surface area (Å²) >= 11 is 1.78. The first kappa shape index (κ1) is 16.5. The number of nitrogens with one attached hydrogen (secondary N) is 1. The van der Waals surface area contributed by atoms with Crippen LogP contribution in [0.5, 0.6) is 0 Å². The van der Waals surface area contributed by atoms with E-state index < -0.39 is 0 Å². The molecule has 1 rings (SSSR count). The van der Waals surface area contributed by atoms with Crippen molar-refractivity contribution in [3.63, 3.8) is 0 Å². The molecule has 1 aromatic carbocycles. The maximum atomic E-state index is 13.2. The van der Waals surface area contributed by atoms with Crippen molar-refractivity contribution in [3.05, 3.63) is 35.1 Å². The molecule has 1 unspecified atom stereocenters. The van der Waals surface area contributed by atoms with Crippen molar-refractivity contribution in [2.45, 2.75) is 58.9 Å². The Hall–Kier alpha value is -0.540. The van der Waals surface area contributed by atoms with Gasteiger partial charge in [-0.05, 0) is 37.5 Å². The molecule has 0 aliphatic carbocycles. The van der Waals surface area contributed by atoms with Crippen LogP contribution in [0.2, 0.25) is 0 Å². The lowest BCUT2D eigenvalue weighted by atomic mass is 10.1. The predicted molar refractivity (Wildman–Crippen MR) is 83.9 cm³/mol. The molecule has 3 heteroatoms. The molecule has 0 heterocycles. The van der Waals surface area contributed by atoms with E-state index in [0.717, 1.165) is 16.9 Å². The van der Waals surface area contributed by atoms with Crippen LogP contribution in [0.4, 0.5) is 4.39 Å². The van der Waals surface area contributed by atoms with Crippen molar-refractivity contribution in [3.8, 4) is 0 Å². The first-order chi connectivity index (χ1) is 9.15. The number of aryl methyl sites for hydroxylation is 1. The van der Waals surface area contributed by atoms with Gasteiger partial charge in [0.25, 0.3) is 0 Å². The lowest BCUT2D eigenvalue weighted by Crippen LogP contribution is -2.11. The molecule has 1 aromatic rings. The van der Waals surface area contributed by atoms with Crippen LogP contribution in [0.15, 0.2) is 18.2 Å². The molecule has 0 aromatic heterocycles. The van der Waals surface area contributed by atoms with Crippen molar-refractivity contribution >= 4 is 11.9 Å². The number of benzene rings is 1. The molecule has 0 radical (unpaired) electrons. The zero-order chi connectivity index (χ0) is 14.1. The van der Waals surface area contributed by atoms with Crippen LogP contribution < -0.4 is 4.72 Å². The summed E-state index contributed by atoms with van der Waals surface area (Å²) in [5.41, 5.74) is 1.87. The maximum Gasteiger partial charge on any atom is 0.126 e. The third-order valence-corrected chi connectivity index (χ3v) is 4.31. The maximum absolute atomic E-state index is 13.2. The average molecular weight is 283 g/mol. The monoisotopic (exact) mass is 283 g/mol. The van der Waals surface area contributed by atoms with E-state index in [1.165, 1.54) is 32.1 Å². The van der Waals surface area contributed by atoms with Gasteiger partial charge in [-0.25, -0.2) is 4.39 Å². The van der Waals surface area contributed by atoms with Crippen LogP contribution in [0.3, 0.4) is 0 Å². The highest BCUT2D eigenvalue weighted by Crippen LogP contribution is 2.19. The molecule has 0 saturated carbocycles. The number of rotatable bonds is 9. The second-order valence-electron chi connectivity index (χ2n) is 5.11. The van der Waals surface area contributed by atoms with Gasteiger partial charge in [-0.2, -0.15) is 0 Å². The van der Waals surface area contributed by atoms with E-state index in [9.17, 15) is 4.39 Å². The molecule has 0 aliphatic heterocycles. The van der Waals surface area contributed by atoms with Gasteiger partial charge >= 0.3 is 0 Å². The van der Waals surface area contributed by atoms with Crippen molar-refractivity contribution in [2.24, 2.45) is 0 Å². The van der Waals surface area contributed by atoms with E-state index in [4.69, 9.17) is 0 Å². The van der Waals surface area contributed by atoms with Crippen LogP contribution in [0, 0.1) is 12.7 Å². The molecule has 1 atom stereocenters. The molecule has 0 fully saturated rings. The molecular weight excluding hydrogens is 257 g/mol. The topological polar surface area (TPSA) is 12.0 Å². The molecule has 0 amide bonds. The zero-order valence-corrected chi connectivity index (χ0v) is 13.2. The molecule has 0 bridgehead atoms. The first-order valence-electron chi connectivity index (χ1n) is 7.28. The van der Waals surface area contributed by atoms with E-state index >= 15 is 0 Å². The molecule has 0 aliphatic rings. The first-order valence-corrected chi connectivity index (χ1v) is 8.27. The fourth-order valence-corrected chi connectivity index (χ4v) is 2.82. The van der Waals surface area contributed by atoms with Crippen LogP contribution >= 0.6 is 11.9 Å². The molecule has 19 heavy (non-hydrogen) atoms. The summed E-state index contributed by atoms with van der Waals surface area (Å²) in [6.07, 6.45) is 6.60. The van der Waals surface area contributed by atoms with Crippen LogP contribution in [0.25, 0.3) is 0 Å². The highest BCUT2D eigenvalue weighted by molar-refractivity contribution is 7.97. The smallest absolute Gasteiger partial charge is 0.126 e. The number of hydrogen-bond donors (Lipinski definition) is 1. The van der Waals surface area contributed by atoms with Gasteiger partial charge in [-0.1, -0.05) is 56.7 Å². The Morgan fingerprint density at radius 2 is 1.95 bits per heavy atom. The van der Waals surface area contributed by atoms with Gasteiger partial charge < -0.3 is 0 Å². The predicted octanol–water partition coefficient (Wildman–Crippen LogP) is 5.40. The van der Waals surface area contributed by atoms with E-state index in [-0.39, 0.29) is 11.9 Å². The highest BCUT2D eigenvalue weighted by atomic mass is 32.2. The van der Waals surface area contributed by atoms with Crippen molar-refractivity contribution in [1.29, 1.82) is 0 Å². The van der Waals surface area contributed by atoms with Gasteiger partial charge in [0.05, 0.1) is 0 Å². The largest absolute Gasteiger partial charge is 0.257 e. The zero-order valence-electron chi connectivity index (χ0n) is 12.3. The minimum atomic E-state index is -0.125. The minimum Gasteiger partial charge on any atom is -0.257 e. The Morgan fingerprint density at radius 1 is 1.21 bits per heavy atom. The molecule has 1 nitrogen and oxygen atoms in total. The second kappa shape index (κ2) is 9.38. The third kappa shape index (κ3) is 6.44. The summed E-state index contributed by atoms with van der Waals surface area (Å²) in [5.74, 6) is 1.02. The second-order valence-corrected chi connectivity index (χ2v) is 6.04. The molecular formula is C16H26FNS. The Kier molecular flexibility index (Phi) is 8.15. The number of hydrogen-bond acceptors (Lipinski definition) is 2. The lowest BCUT2D eigenvalue weighted by Gasteiger charge is -2.14. The molecule has 0 spiro atoms. The van der Waals surface area contributed by atoms with Crippen molar-refractivity contribution < 1.29 is 4.39 Å². The van der Waals surface area contributed by atoms with Crippen molar-refractivity contribution in [2.75, 3.05) is 5.75 Å². The highest BCUT2D eigenvalue weighted by Gasteiger charge is 2.06. The quantitative estimate of drug-likeness (QED) is 0.481. The minimum absolute atomic E-state index is 0.125. The lowest BCUT2D eigenvalue weighted by molar-refractivity contribution is 0.615. The number of unbranched alkanes of at least 4 members (excludes halogenated alkanes) is 4. The molecule has 0 saturated heterocycles. The van der Waals surface area contributed by atoms with Gasteiger partial charge in [-0.3, -0.25) is 4.72 Å². The Balaban J connectivity index is 2.20. The average Bonchev–Trinajstić information content (AvgIpc) is 2.40. The summed E-state index contributed by atoms with van der Waals surface area (Å²) in [6.45, 7) is 6.17. The van der Waals surface area contributed by atoms with E-state index in [0.29, 0.717) is 0 Å².